The number of halogens is 1. The molecule has 5 N–H and O–H groups in total. The summed E-state index contributed by atoms with van der Waals surface area (Å²) in [5, 5.41) is 8.35. The molecule has 0 saturated carbocycles. The number of hydrogen-bond acceptors (Lipinski definition) is 4. The van der Waals surface area contributed by atoms with Crippen molar-refractivity contribution in [2.24, 2.45) is 10.9 Å². The van der Waals surface area contributed by atoms with E-state index in [1.54, 1.807) is 47.4 Å². The Kier molecular flexibility index (Phi) is 8.03. The van der Waals surface area contributed by atoms with Gasteiger partial charge in [0.15, 0.2) is 5.11 Å². The molecule has 0 heterocycles. The number of hydrogen-bond donors (Lipinski definition) is 3. The highest BCUT2D eigenvalue weighted by molar-refractivity contribution is 9.10. The summed E-state index contributed by atoms with van der Waals surface area (Å²) in [4.78, 5) is 15.3. The molecule has 0 bridgehead atoms. The predicted molar refractivity (Wildman–Crippen MR) is 154 cm³/mol. The molecule has 4 rings (SSSR count). The first kappa shape index (κ1) is 26.5. The first-order valence-electron chi connectivity index (χ1n) is 11.1. The van der Waals surface area contributed by atoms with Crippen LogP contribution in [0.3, 0.4) is 0 Å². The van der Waals surface area contributed by atoms with Gasteiger partial charge in [0.25, 0.3) is 5.91 Å². The van der Waals surface area contributed by atoms with Crippen LogP contribution in [0.15, 0.2) is 112 Å². The van der Waals surface area contributed by atoms with E-state index in [2.05, 4.69) is 21.2 Å². The minimum absolute atomic E-state index is 0.0255. The average molecular weight is 596 g/mol. The summed E-state index contributed by atoms with van der Waals surface area (Å²) in [6.45, 7) is 0. The van der Waals surface area contributed by atoms with Crippen LogP contribution in [0, 0.1) is 0 Å². The van der Waals surface area contributed by atoms with Crippen LogP contribution in [-0.2, 0) is 14.8 Å². The number of carbonyl (C=O) groups excluding carboxylic acids is 1. The quantitative estimate of drug-likeness (QED) is 0.253. The lowest BCUT2D eigenvalue weighted by atomic mass is 10.0. The molecular formula is C27H23BrN4O3S2. The number of anilines is 2. The molecule has 1 amide bonds. The van der Waals surface area contributed by atoms with Crippen molar-refractivity contribution in [1.29, 1.82) is 0 Å². The highest BCUT2D eigenvalue weighted by Crippen LogP contribution is 2.31. The molecule has 4 aromatic rings. The van der Waals surface area contributed by atoms with Crippen molar-refractivity contribution in [3.05, 3.63) is 113 Å². The Hall–Kier alpha value is -3.57. The van der Waals surface area contributed by atoms with E-state index in [0.717, 1.165) is 4.47 Å². The van der Waals surface area contributed by atoms with E-state index in [9.17, 15) is 13.2 Å². The van der Waals surface area contributed by atoms with E-state index >= 15 is 0 Å². The van der Waals surface area contributed by atoms with Crippen LogP contribution in [0.2, 0.25) is 0 Å². The molecule has 1 atom stereocenters. The maximum absolute atomic E-state index is 13.7. The monoisotopic (exact) mass is 594 g/mol. The SMILES string of the molecule is NC(=S)N(c1ccc(Br)cc1)C(C(=O)Nc1ccc(-c2ccccc2S(N)(=O)=O)cc1)c1ccccc1. The van der Waals surface area contributed by atoms with Crippen LogP contribution < -0.4 is 21.1 Å². The van der Waals surface area contributed by atoms with E-state index in [4.69, 9.17) is 23.1 Å². The van der Waals surface area contributed by atoms with Crippen molar-refractivity contribution in [3.8, 4) is 11.1 Å². The smallest absolute Gasteiger partial charge is 0.252 e. The third kappa shape index (κ3) is 6.23. The van der Waals surface area contributed by atoms with E-state index in [0.29, 0.717) is 28.1 Å². The third-order valence-corrected chi connectivity index (χ3v) is 7.32. The fourth-order valence-electron chi connectivity index (χ4n) is 3.96. The van der Waals surface area contributed by atoms with Gasteiger partial charge in [-0.2, -0.15) is 0 Å². The zero-order valence-electron chi connectivity index (χ0n) is 19.4. The Morgan fingerprint density at radius 3 is 2.05 bits per heavy atom. The van der Waals surface area contributed by atoms with Gasteiger partial charge in [0.1, 0.15) is 6.04 Å². The molecule has 4 aromatic carbocycles. The maximum atomic E-state index is 13.7. The Morgan fingerprint density at radius 1 is 0.865 bits per heavy atom. The molecule has 0 aliphatic carbocycles. The fraction of sp³-hybridized carbons (Fsp3) is 0.0370. The molecule has 0 fully saturated rings. The van der Waals surface area contributed by atoms with Gasteiger partial charge in [-0.1, -0.05) is 76.6 Å². The summed E-state index contributed by atoms with van der Waals surface area (Å²) >= 11 is 8.78. The topological polar surface area (TPSA) is 119 Å². The van der Waals surface area contributed by atoms with Crippen molar-refractivity contribution in [2.45, 2.75) is 10.9 Å². The van der Waals surface area contributed by atoms with E-state index < -0.39 is 16.1 Å². The number of nitrogens with two attached hydrogens (primary N) is 2. The lowest BCUT2D eigenvalue weighted by Gasteiger charge is -2.31. The summed E-state index contributed by atoms with van der Waals surface area (Å²) in [7, 11) is -3.90. The summed E-state index contributed by atoms with van der Waals surface area (Å²) in [5.41, 5.74) is 9.11. The number of amides is 1. The van der Waals surface area contributed by atoms with Crippen LogP contribution in [0.4, 0.5) is 11.4 Å². The number of nitrogens with one attached hydrogen (secondary N) is 1. The van der Waals surface area contributed by atoms with Gasteiger partial charge in [0.2, 0.25) is 10.0 Å². The van der Waals surface area contributed by atoms with Crippen LogP contribution in [0.1, 0.15) is 11.6 Å². The Balaban J connectivity index is 1.67. The molecule has 0 radical (unpaired) electrons. The standard InChI is InChI=1S/C27H23BrN4O3S2/c28-20-12-16-22(17-13-20)32(27(29)36)25(19-6-2-1-3-7-19)26(33)31-21-14-10-18(11-15-21)23-8-4-5-9-24(23)37(30,34)35/h1-17,25H,(H2,29,36)(H,31,33)(H2,30,34,35). The van der Waals surface area contributed by atoms with Gasteiger partial charge < -0.3 is 16.0 Å². The third-order valence-electron chi connectivity index (χ3n) is 5.62. The van der Waals surface area contributed by atoms with Crippen LogP contribution in [0.5, 0.6) is 0 Å². The lowest BCUT2D eigenvalue weighted by molar-refractivity contribution is -0.117. The molecule has 0 saturated heterocycles. The summed E-state index contributed by atoms with van der Waals surface area (Å²) in [6, 6.07) is 29.0. The Labute approximate surface area is 229 Å². The van der Waals surface area contributed by atoms with Crippen molar-refractivity contribution in [2.75, 3.05) is 10.2 Å². The Morgan fingerprint density at radius 2 is 1.46 bits per heavy atom. The molecular weight excluding hydrogens is 572 g/mol. The summed E-state index contributed by atoms with van der Waals surface area (Å²) in [6.07, 6.45) is 0. The van der Waals surface area contributed by atoms with Gasteiger partial charge in [0.05, 0.1) is 4.90 Å². The molecule has 0 aliphatic rings. The second-order valence-electron chi connectivity index (χ2n) is 8.11. The fourth-order valence-corrected chi connectivity index (χ4v) is 5.19. The molecule has 0 aliphatic heterocycles. The van der Waals surface area contributed by atoms with E-state index in [1.807, 2.05) is 54.6 Å². The number of sulfonamides is 1. The zero-order chi connectivity index (χ0) is 26.6. The van der Waals surface area contributed by atoms with Gasteiger partial charge in [-0.3, -0.25) is 4.79 Å². The lowest BCUT2D eigenvalue weighted by Crippen LogP contribution is -2.44. The highest BCUT2D eigenvalue weighted by Gasteiger charge is 2.30. The van der Waals surface area contributed by atoms with E-state index in [-0.39, 0.29) is 15.9 Å². The van der Waals surface area contributed by atoms with Crippen LogP contribution in [-0.4, -0.2) is 19.4 Å². The summed E-state index contributed by atoms with van der Waals surface area (Å²) < 4.78 is 24.9. The summed E-state index contributed by atoms with van der Waals surface area (Å²) in [5.74, 6) is -0.348. The predicted octanol–water partition coefficient (Wildman–Crippen LogP) is 5.19. The molecule has 0 spiro atoms. The first-order valence-corrected chi connectivity index (χ1v) is 13.8. The highest BCUT2D eigenvalue weighted by atomic mass is 79.9. The minimum atomic E-state index is -3.90. The number of thiocarbonyl (C=S) groups is 1. The van der Waals surface area contributed by atoms with Gasteiger partial charge in [-0.05, 0) is 65.8 Å². The molecule has 1 unspecified atom stereocenters. The van der Waals surface area contributed by atoms with Crippen molar-refractivity contribution >= 4 is 60.6 Å². The second kappa shape index (κ2) is 11.2. The average Bonchev–Trinajstić information content (AvgIpc) is 2.88. The molecule has 37 heavy (non-hydrogen) atoms. The van der Waals surface area contributed by atoms with Crippen molar-refractivity contribution in [3.63, 3.8) is 0 Å². The number of nitrogens with zero attached hydrogens (tertiary/aromatic N) is 1. The van der Waals surface area contributed by atoms with Crippen LogP contribution >= 0.6 is 28.1 Å². The largest absolute Gasteiger partial charge is 0.376 e. The van der Waals surface area contributed by atoms with Crippen molar-refractivity contribution in [1.82, 2.24) is 0 Å². The van der Waals surface area contributed by atoms with Crippen molar-refractivity contribution < 1.29 is 13.2 Å². The molecule has 10 heteroatoms. The number of benzene rings is 4. The maximum Gasteiger partial charge on any atom is 0.252 e. The van der Waals surface area contributed by atoms with Gasteiger partial charge in [-0.15, -0.1) is 0 Å². The molecule has 0 aromatic heterocycles. The number of rotatable bonds is 7. The normalized spacial score (nSPS) is 11.9. The number of carbonyl (C=O) groups is 1. The van der Waals surface area contributed by atoms with Gasteiger partial charge >= 0.3 is 0 Å². The zero-order valence-corrected chi connectivity index (χ0v) is 22.6. The Bertz CT molecular complexity index is 1530. The molecule has 7 nitrogen and oxygen atoms in total. The number of primary sulfonamides is 1. The van der Waals surface area contributed by atoms with E-state index in [1.165, 1.54) is 6.07 Å². The van der Waals surface area contributed by atoms with Gasteiger partial charge in [0, 0.05) is 21.4 Å². The second-order valence-corrected chi connectivity index (χ2v) is 11.0. The minimum Gasteiger partial charge on any atom is -0.376 e. The molecule has 188 valence electrons. The van der Waals surface area contributed by atoms with Crippen LogP contribution in [0.25, 0.3) is 11.1 Å². The van der Waals surface area contributed by atoms with Gasteiger partial charge in [-0.25, -0.2) is 13.6 Å². The first-order chi connectivity index (χ1) is 17.6.